The maximum absolute atomic E-state index is 12.8. The van der Waals surface area contributed by atoms with Gasteiger partial charge in [0.2, 0.25) is 0 Å². The van der Waals surface area contributed by atoms with E-state index in [9.17, 15) is 4.79 Å². The first-order valence-electron chi connectivity index (χ1n) is 8.62. The molecule has 0 bridgehead atoms. The van der Waals surface area contributed by atoms with Crippen molar-refractivity contribution in [2.45, 2.75) is 13.5 Å². The van der Waals surface area contributed by atoms with Crippen molar-refractivity contribution in [3.63, 3.8) is 0 Å². The second-order valence-corrected chi connectivity index (χ2v) is 6.80. The van der Waals surface area contributed by atoms with E-state index in [0.29, 0.717) is 39.9 Å². The first kappa shape index (κ1) is 19.8. The zero-order valence-corrected chi connectivity index (χ0v) is 17.3. The number of methoxy groups -OCH3 is 4. The fraction of sp³-hybridized carbons (Fsp3) is 0.300. The Bertz CT molecular complexity index is 1080. The van der Waals surface area contributed by atoms with Crippen molar-refractivity contribution in [3.05, 3.63) is 40.7 Å². The van der Waals surface area contributed by atoms with Crippen LogP contribution in [0.4, 0.5) is 0 Å². The van der Waals surface area contributed by atoms with Gasteiger partial charge in [-0.15, -0.1) is 0 Å². The van der Waals surface area contributed by atoms with E-state index in [0.717, 1.165) is 10.2 Å². The van der Waals surface area contributed by atoms with Crippen LogP contribution in [0.15, 0.2) is 35.3 Å². The normalized spacial score (nSPS) is 11.5. The van der Waals surface area contributed by atoms with E-state index in [4.69, 9.17) is 18.9 Å². The number of amides is 1. The van der Waals surface area contributed by atoms with Gasteiger partial charge in [0.05, 0.1) is 38.7 Å². The molecule has 1 aromatic heterocycles. The van der Waals surface area contributed by atoms with Crippen LogP contribution in [0.1, 0.15) is 17.3 Å². The zero-order valence-electron chi connectivity index (χ0n) is 16.4. The zero-order chi connectivity index (χ0) is 20.3. The molecule has 3 aromatic rings. The number of carbonyl (C=O) groups excluding carboxylic acids is 1. The van der Waals surface area contributed by atoms with Gasteiger partial charge in [-0.3, -0.25) is 4.79 Å². The highest BCUT2D eigenvalue weighted by atomic mass is 32.1. The molecular weight excluding hydrogens is 380 g/mol. The van der Waals surface area contributed by atoms with E-state index in [1.807, 2.05) is 23.6 Å². The summed E-state index contributed by atoms with van der Waals surface area (Å²) in [5.74, 6) is 1.96. The summed E-state index contributed by atoms with van der Waals surface area (Å²) in [6.45, 7) is 2.66. The second-order valence-electron chi connectivity index (χ2n) is 5.79. The van der Waals surface area contributed by atoms with Gasteiger partial charge < -0.3 is 23.5 Å². The number of nitrogens with zero attached hydrogens (tertiary/aromatic N) is 2. The molecule has 2 aromatic carbocycles. The number of fused-ring (bicyclic) bond motifs is 1. The number of aromatic nitrogens is 1. The molecule has 0 atom stereocenters. The Morgan fingerprint density at radius 2 is 1.54 bits per heavy atom. The predicted octanol–water partition coefficient (Wildman–Crippen LogP) is 3.50. The summed E-state index contributed by atoms with van der Waals surface area (Å²) in [7, 11) is 6.27. The third kappa shape index (κ3) is 3.55. The molecule has 148 valence electrons. The van der Waals surface area contributed by atoms with Crippen molar-refractivity contribution in [1.29, 1.82) is 0 Å². The Morgan fingerprint density at radius 1 is 0.929 bits per heavy atom. The lowest BCUT2D eigenvalue weighted by Crippen LogP contribution is -2.16. The molecule has 0 aliphatic heterocycles. The van der Waals surface area contributed by atoms with Gasteiger partial charge in [-0.05, 0) is 25.1 Å². The van der Waals surface area contributed by atoms with Crippen LogP contribution in [0, 0.1) is 0 Å². The van der Waals surface area contributed by atoms with Crippen LogP contribution in [0.25, 0.3) is 10.2 Å². The van der Waals surface area contributed by atoms with Crippen LogP contribution in [0.3, 0.4) is 0 Å². The van der Waals surface area contributed by atoms with E-state index in [1.165, 1.54) is 18.4 Å². The van der Waals surface area contributed by atoms with Crippen LogP contribution >= 0.6 is 11.3 Å². The third-order valence-electron chi connectivity index (χ3n) is 4.33. The van der Waals surface area contributed by atoms with E-state index in [-0.39, 0.29) is 5.91 Å². The Hall–Kier alpha value is -3.00. The minimum absolute atomic E-state index is 0.353. The first-order chi connectivity index (χ1) is 13.6. The molecule has 1 heterocycles. The number of hydrogen-bond acceptors (Lipinski definition) is 6. The van der Waals surface area contributed by atoms with Crippen molar-refractivity contribution in [3.8, 4) is 23.0 Å². The van der Waals surface area contributed by atoms with Crippen molar-refractivity contribution in [1.82, 2.24) is 4.57 Å². The summed E-state index contributed by atoms with van der Waals surface area (Å²) in [6, 6.07) is 8.78. The standard InChI is InChI=1S/C20H22N2O5S/c1-6-22-13-10-16(26-4)17(27-5)11-18(13)28-20(22)21-19(23)12-7-8-14(24-2)15(9-12)25-3/h7-11H,6H2,1-5H3. The fourth-order valence-electron chi connectivity index (χ4n) is 2.91. The largest absolute Gasteiger partial charge is 0.493 e. The summed E-state index contributed by atoms with van der Waals surface area (Å²) >= 11 is 1.42. The van der Waals surface area contributed by atoms with Gasteiger partial charge in [-0.25, -0.2) is 0 Å². The highest BCUT2D eigenvalue weighted by Crippen LogP contribution is 2.33. The number of thiazole rings is 1. The average Bonchev–Trinajstić information content (AvgIpc) is 3.07. The number of carbonyl (C=O) groups is 1. The molecule has 28 heavy (non-hydrogen) atoms. The van der Waals surface area contributed by atoms with Crippen molar-refractivity contribution < 1.29 is 23.7 Å². The summed E-state index contributed by atoms with van der Waals surface area (Å²) < 4.78 is 24.2. The van der Waals surface area contributed by atoms with Crippen LogP contribution < -0.4 is 23.7 Å². The SMILES string of the molecule is CCn1c(=NC(=O)c2ccc(OC)c(OC)c2)sc2cc(OC)c(OC)cc21. The molecule has 0 N–H and O–H groups in total. The minimum Gasteiger partial charge on any atom is -0.493 e. The topological polar surface area (TPSA) is 71.3 Å². The van der Waals surface area contributed by atoms with Gasteiger partial charge in [0, 0.05) is 24.2 Å². The lowest BCUT2D eigenvalue weighted by atomic mass is 10.2. The summed E-state index contributed by atoms with van der Waals surface area (Å²) in [5.41, 5.74) is 1.36. The van der Waals surface area contributed by atoms with E-state index < -0.39 is 0 Å². The molecule has 7 nitrogen and oxygen atoms in total. The number of hydrogen-bond donors (Lipinski definition) is 0. The predicted molar refractivity (Wildman–Crippen MR) is 108 cm³/mol. The molecule has 0 saturated carbocycles. The maximum atomic E-state index is 12.8. The molecule has 1 amide bonds. The molecule has 0 aliphatic rings. The monoisotopic (exact) mass is 402 g/mol. The summed E-state index contributed by atoms with van der Waals surface area (Å²) in [4.78, 5) is 17.7. The van der Waals surface area contributed by atoms with Crippen LogP contribution in [0.2, 0.25) is 0 Å². The van der Waals surface area contributed by atoms with Gasteiger partial charge in [-0.1, -0.05) is 11.3 Å². The van der Waals surface area contributed by atoms with Gasteiger partial charge in [0.1, 0.15) is 0 Å². The number of rotatable bonds is 6. The highest BCUT2D eigenvalue weighted by Gasteiger charge is 2.14. The lowest BCUT2D eigenvalue weighted by Gasteiger charge is -2.08. The minimum atomic E-state index is -0.353. The van der Waals surface area contributed by atoms with Crippen LogP contribution in [0.5, 0.6) is 23.0 Å². The van der Waals surface area contributed by atoms with E-state index in [1.54, 1.807) is 39.5 Å². The molecule has 0 spiro atoms. The lowest BCUT2D eigenvalue weighted by molar-refractivity contribution is 0.0997. The van der Waals surface area contributed by atoms with Crippen LogP contribution in [-0.2, 0) is 6.54 Å². The number of ether oxygens (including phenoxy) is 4. The molecule has 8 heteroatoms. The van der Waals surface area contributed by atoms with Crippen molar-refractivity contribution >= 4 is 27.5 Å². The Balaban J connectivity index is 2.12. The van der Waals surface area contributed by atoms with Crippen molar-refractivity contribution in [2.24, 2.45) is 4.99 Å². The highest BCUT2D eigenvalue weighted by molar-refractivity contribution is 7.16. The quantitative estimate of drug-likeness (QED) is 0.631. The maximum Gasteiger partial charge on any atom is 0.279 e. The fourth-order valence-corrected chi connectivity index (χ4v) is 4.01. The molecule has 0 aliphatic carbocycles. The number of aryl methyl sites for hydroxylation is 1. The molecular formula is C20H22N2O5S. The van der Waals surface area contributed by atoms with Gasteiger partial charge in [-0.2, -0.15) is 4.99 Å². The first-order valence-corrected chi connectivity index (χ1v) is 9.44. The van der Waals surface area contributed by atoms with E-state index in [2.05, 4.69) is 4.99 Å². The second kappa shape index (κ2) is 8.35. The van der Waals surface area contributed by atoms with Crippen molar-refractivity contribution in [2.75, 3.05) is 28.4 Å². The Labute approximate surface area is 166 Å². The third-order valence-corrected chi connectivity index (χ3v) is 5.37. The van der Waals surface area contributed by atoms with Gasteiger partial charge >= 0.3 is 0 Å². The molecule has 0 saturated heterocycles. The Kier molecular flexibility index (Phi) is 5.89. The van der Waals surface area contributed by atoms with Gasteiger partial charge in [0.25, 0.3) is 5.91 Å². The van der Waals surface area contributed by atoms with E-state index >= 15 is 0 Å². The molecule has 0 fully saturated rings. The van der Waals surface area contributed by atoms with Gasteiger partial charge in [0.15, 0.2) is 27.8 Å². The summed E-state index contributed by atoms with van der Waals surface area (Å²) in [6.07, 6.45) is 0. The van der Waals surface area contributed by atoms with Crippen LogP contribution in [-0.4, -0.2) is 38.9 Å². The molecule has 3 rings (SSSR count). The summed E-state index contributed by atoms with van der Waals surface area (Å²) in [5, 5.41) is 0. The molecule has 0 radical (unpaired) electrons. The smallest absolute Gasteiger partial charge is 0.279 e. The average molecular weight is 402 g/mol. The Morgan fingerprint density at radius 3 is 2.14 bits per heavy atom. The molecule has 0 unspecified atom stereocenters. The number of benzene rings is 2.